The molecule has 3 aromatic rings. The van der Waals surface area contributed by atoms with Crippen LogP contribution in [0.2, 0.25) is 5.02 Å². The lowest BCUT2D eigenvalue weighted by Gasteiger charge is -2.37. The van der Waals surface area contributed by atoms with Crippen molar-refractivity contribution in [2.24, 2.45) is 5.41 Å². The molecule has 0 bridgehead atoms. The number of aliphatic carboxylic acids is 1. The van der Waals surface area contributed by atoms with Crippen molar-refractivity contribution >= 4 is 40.6 Å². The zero-order valence-corrected chi connectivity index (χ0v) is 24.9. The Hall–Kier alpha value is -3.64. The molecule has 6 nitrogen and oxygen atoms in total. The number of hydrogen-bond donors (Lipinski definition) is 1. The molecule has 3 aromatic carbocycles. The highest BCUT2D eigenvalue weighted by Gasteiger charge is 2.34. The van der Waals surface area contributed by atoms with Gasteiger partial charge in [-0.3, -0.25) is 14.4 Å². The molecule has 0 radical (unpaired) electrons. The second kappa shape index (κ2) is 13.3. The number of aryl methyl sites for hydroxylation is 1. The lowest BCUT2D eigenvalue weighted by atomic mass is 9.86. The van der Waals surface area contributed by atoms with E-state index in [-0.39, 0.29) is 24.2 Å². The van der Waals surface area contributed by atoms with Gasteiger partial charge in [0, 0.05) is 35.1 Å². The Kier molecular flexibility index (Phi) is 9.87. The fraction of sp³-hybridized carbons (Fsp3) is 0.382. The number of carboxylic acids is 1. The zero-order valence-electron chi connectivity index (χ0n) is 24.1. The molecule has 0 saturated carbocycles. The van der Waals surface area contributed by atoms with Crippen molar-refractivity contribution in [2.75, 3.05) is 29.4 Å². The predicted octanol–water partition coefficient (Wildman–Crippen LogP) is 7.39. The topological polar surface area (TPSA) is 77.9 Å². The summed E-state index contributed by atoms with van der Waals surface area (Å²) in [4.78, 5) is 42.6. The van der Waals surface area contributed by atoms with Gasteiger partial charge in [-0.15, -0.1) is 0 Å². The van der Waals surface area contributed by atoms with Gasteiger partial charge in [-0.05, 0) is 81.0 Å². The Morgan fingerprint density at radius 1 is 1.00 bits per heavy atom. The lowest BCUT2D eigenvalue weighted by Crippen LogP contribution is -2.42. The summed E-state index contributed by atoms with van der Waals surface area (Å²) in [7, 11) is 0. The normalized spacial score (nSPS) is 14.8. The summed E-state index contributed by atoms with van der Waals surface area (Å²) in [6, 6.07) is 22.8. The van der Waals surface area contributed by atoms with Gasteiger partial charge in [-0.2, -0.15) is 0 Å². The SMILES string of the molecule is CCCCN(C(=O)C1CCN(CC(=O)c2ccc(CCC(C)(C)C(=O)O)cc2)c2ccccc21)c1ccc(Cl)cc1. The number of benzene rings is 3. The average molecular weight is 575 g/mol. The quantitative estimate of drug-likeness (QED) is 0.228. The summed E-state index contributed by atoms with van der Waals surface area (Å²) in [5, 5.41) is 9.99. The molecule has 0 aliphatic carbocycles. The minimum Gasteiger partial charge on any atom is -0.481 e. The number of ketones is 1. The molecule has 0 spiro atoms. The van der Waals surface area contributed by atoms with Crippen molar-refractivity contribution < 1.29 is 19.5 Å². The van der Waals surface area contributed by atoms with Crippen LogP contribution in [0, 0.1) is 5.41 Å². The van der Waals surface area contributed by atoms with E-state index < -0.39 is 11.4 Å². The molecule has 1 unspecified atom stereocenters. The maximum Gasteiger partial charge on any atom is 0.309 e. The van der Waals surface area contributed by atoms with Crippen molar-refractivity contribution in [2.45, 2.75) is 58.8 Å². The van der Waals surface area contributed by atoms with E-state index in [9.17, 15) is 19.5 Å². The highest BCUT2D eigenvalue weighted by molar-refractivity contribution is 6.30. The van der Waals surface area contributed by atoms with Gasteiger partial charge in [0.1, 0.15) is 0 Å². The summed E-state index contributed by atoms with van der Waals surface area (Å²) in [6.07, 6.45) is 3.66. The first kappa shape index (κ1) is 30.3. The van der Waals surface area contributed by atoms with E-state index >= 15 is 0 Å². The fourth-order valence-electron chi connectivity index (χ4n) is 5.23. The molecule has 1 aliphatic rings. The van der Waals surface area contributed by atoms with Crippen LogP contribution in [0.3, 0.4) is 0 Å². The number of carbonyl (C=O) groups is 3. The van der Waals surface area contributed by atoms with Crippen LogP contribution in [0.25, 0.3) is 0 Å². The van der Waals surface area contributed by atoms with E-state index in [1.54, 1.807) is 13.8 Å². The molecule has 1 N–H and O–H groups in total. The first-order valence-corrected chi connectivity index (χ1v) is 14.7. The number of carboxylic acid groups (broad SMARTS) is 1. The van der Waals surface area contributed by atoms with E-state index in [1.165, 1.54) is 0 Å². The second-order valence-electron chi connectivity index (χ2n) is 11.5. The van der Waals surface area contributed by atoms with Crippen molar-refractivity contribution in [1.29, 1.82) is 0 Å². The molecular formula is C34H39ClN2O4. The van der Waals surface area contributed by atoms with E-state index in [4.69, 9.17) is 11.6 Å². The standard InChI is InChI=1S/C34H39ClN2O4/c1-4-5-21-37(27-16-14-26(35)15-17-27)32(39)29-19-22-36(30-9-7-6-8-28(29)30)23-31(38)25-12-10-24(11-13-25)18-20-34(2,3)33(40)41/h6-17,29H,4-5,18-23H2,1-3H3,(H,40,41). The summed E-state index contributed by atoms with van der Waals surface area (Å²) in [5.74, 6) is -1.03. The van der Waals surface area contributed by atoms with E-state index in [2.05, 4.69) is 11.8 Å². The van der Waals surface area contributed by atoms with Gasteiger partial charge < -0.3 is 14.9 Å². The van der Waals surface area contributed by atoms with Crippen LogP contribution >= 0.6 is 11.6 Å². The fourth-order valence-corrected chi connectivity index (χ4v) is 5.36. The van der Waals surface area contributed by atoms with Crippen LogP contribution in [-0.4, -0.2) is 42.4 Å². The van der Waals surface area contributed by atoms with Crippen molar-refractivity contribution in [1.82, 2.24) is 0 Å². The minimum absolute atomic E-state index is 0.00716. The highest BCUT2D eigenvalue weighted by Crippen LogP contribution is 2.37. The number of anilines is 2. The van der Waals surface area contributed by atoms with Gasteiger partial charge in [0.25, 0.3) is 0 Å². The van der Waals surface area contributed by atoms with Gasteiger partial charge in [-0.1, -0.05) is 67.4 Å². The Balaban J connectivity index is 1.48. The lowest BCUT2D eigenvalue weighted by molar-refractivity contribution is -0.147. The van der Waals surface area contributed by atoms with Crippen molar-refractivity contribution in [3.8, 4) is 0 Å². The van der Waals surface area contributed by atoms with Crippen molar-refractivity contribution in [3.05, 3.63) is 94.5 Å². The van der Waals surface area contributed by atoms with Crippen LogP contribution in [0.5, 0.6) is 0 Å². The Morgan fingerprint density at radius 3 is 2.34 bits per heavy atom. The van der Waals surface area contributed by atoms with E-state index in [1.807, 2.05) is 77.7 Å². The molecule has 0 fully saturated rings. The number of unbranched alkanes of at least 4 members (excludes halogenated alkanes) is 1. The summed E-state index contributed by atoms with van der Waals surface area (Å²) in [6.45, 7) is 7.03. The number of fused-ring (bicyclic) bond motifs is 1. The number of amides is 1. The zero-order chi connectivity index (χ0) is 29.6. The molecular weight excluding hydrogens is 536 g/mol. The molecule has 0 saturated heterocycles. The first-order valence-electron chi connectivity index (χ1n) is 14.4. The highest BCUT2D eigenvalue weighted by atomic mass is 35.5. The second-order valence-corrected chi connectivity index (χ2v) is 11.9. The Morgan fingerprint density at radius 2 is 1.68 bits per heavy atom. The minimum atomic E-state index is -0.811. The molecule has 1 heterocycles. The molecule has 1 amide bonds. The molecule has 1 aliphatic heterocycles. The maximum atomic E-state index is 14.0. The first-order chi connectivity index (χ1) is 19.6. The number of halogens is 1. The third kappa shape index (κ3) is 7.36. The largest absolute Gasteiger partial charge is 0.481 e. The molecule has 216 valence electrons. The summed E-state index contributed by atoms with van der Waals surface area (Å²) in [5.41, 5.74) is 3.55. The third-order valence-corrected chi connectivity index (χ3v) is 8.26. The van der Waals surface area contributed by atoms with Gasteiger partial charge >= 0.3 is 5.97 Å². The summed E-state index contributed by atoms with van der Waals surface area (Å²) >= 11 is 6.11. The maximum absolute atomic E-state index is 14.0. The van der Waals surface area contributed by atoms with Crippen LogP contribution in [0.4, 0.5) is 11.4 Å². The predicted molar refractivity (Wildman–Crippen MR) is 165 cm³/mol. The number of hydrogen-bond acceptors (Lipinski definition) is 4. The number of rotatable bonds is 12. The Labute approximate surface area is 247 Å². The average Bonchev–Trinajstić information content (AvgIpc) is 2.97. The summed E-state index contributed by atoms with van der Waals surface area (Å²) < 4.78 is 0. The number of Topliss-reactive ketones (excluding diaryl/α,β-unsaturated/α-hetero) is 1. The van der Waals surface area contributed by atoms with Crippen LogP contribution in [0.15, 0.2) is 72.8 Å². The van der Waals surface area contributed by atoms with E-state index in [0.717, 1.165) is 35.3 Å². The van der Waals surface area contributed by atoms with Crippen LogP contribution in [0.1, 0.15) is 73.9 Å². The molecule has 4 rings (SSSR count). The van der Waals surface area contributed by atoms with Gasteiger partial charge in [0.2, 0.25) is 5.91 Å². The third-order valence-electron chi connectivity index (χ3n) is 8.01. The number of carbonyl (C=O) groups excluding carboxylic acids is 2. The van der Waals surface area contributed by atoms with Crippen LogP contribution < -0.4 is 9.80 Å². The van der Waals surface area contributed by atoms with Gasteiger partial charge in [0.15, 0.2) is 5.78 Å². The van der Waals surface area contributed by atoms with Gasteiger partial charge in [-0.25, -0.2) is 0 Å². The van der Waals surface area contributed by atoms with Crippen LogP contribution in [-0.2, 0) is 16.0 Å². The molecule has 41 heavy (non-hydrogen) atoms. The Bertz CT molecular complexity index is 1370. The molecule has 0 aromatic heterocycles. The monoisotopic (exact) mass is 574 g/mol. The smallest absolute Gasteiger partial charge is 0.309 e. The van der Waals surface area contributed by atoms with E-state index in [0.29, 0.717) is 42.9 Å². The number of para-hydroxylation sites is 1. The molecule has 7 heteroatoms. The van der Waals surface area contributed by atoms with Gasteiger partial charge in [0.05, 0.1) is 17.9 Å². The molecule has 1 atom stereocenters. The van der Waals surface area contributed by atoms with Crippen molar-refractivity contribution in [3.63, 3.8) is 0 Å². The number of nitrogens with zero attached hydrogens (tertiary/aromatic N) is 2.